The maximum absolute atomic E-state index is 5.71. The van der Waals surface area contributed by atoms with E-state index in [0.717, 1.165) is 43.3 Å². The molecule has 0 unspecified atom stereocenters. The first-order valence-corrected chi connectivity index (χ1v) is 6.07. The molecule has 0 atom stereocenters. The Kier molecular flexibility index (Phi) is 6.58. The van der Waals surface area contributed by atoms with Gasteiger partial charge >= 0.3 is 0 Å². The van der Waals surface area contributed by atoms with E-state index in [9.17, 15) is 0 Å². The average Bonchev–Trinajstić information content (AvgIpc) is 2.34. The maximum atomic E-state index is 5.71. The first-order valence-electron chi connectivity index (χ1n) is 6.07. The van der Waals surface area contributed by atoms with Crippen molar-refractivity contribution in [2.75, 3.05) is 26.9 Å². The molecular formula is C13H22N2O2. The molecule has 1 N–H and O–H groups in total. The second kappa shape index (κ2) is 8.03. The van der Waals surface area contributed by atoms with Crippen molar-refractivity contribution in [2.45, 2.75) is 26.8 Å². The van der Waals surface area contributed by atoms with Crippen molar-refractivity contribution in [3.8, 4) is 5.75 Å². The number of rotatable bonds is 8. The smallest absolute Gasteiger partial charge is 0.142 e. The number of pyridine rings is 1. The fourth-order valence-electron chi connectivity index (χ4n) is 1.48. The van der Waals surface area contributed by atoms with Crippen LogP contribution in [0.1, 0.15) is 24.7 Å². The molecule has 1 rings (SSSR count). The van der Waals surface area contributed by atoms with Crippen LogP contribution in [0.15, 0.2) is 12.1 Å². The normalized spacial score (nSPS) is 10.5. The van der Waals surface area contributed by atoms with E-state index in [0.29, 0.717) is 6.61 Å². The summed E-state index contributed by atoms with van der Waals surface area (Å²) >= 11 is 0. The molecular weight excluding hydrogens is 216 g/mol. The monoisotopic (exact) mass is 238 g/mol. The molecule has 0 saturated carbocycles. The summed E-state index contributed by atoms with van der Waals surface area (Å²) < 4.78 is 10.7. The molecule has 0 aromatic carbocycles. The first kappa shape index (κ1) is 13.9. The lowest BCUT2D eigenvalue weighted by Gasteiger charge is -2.11. The van der Waals surface area contributed by atoms with Crippen LogP contribution in [0.4, 0.5) is 0 Å². The van der Waals surface area contributed by atoms with Crippen LogP contribution in [0, 0.1) is 6.92 Å². The maximum Gasteiger partial charge on any atom is 0.142 e. The minimum absolute atomic E-state index is 0.664. The van der Waals surface area contributed by atoms with Crippen LogP contribution in [-0.4, -0.2) is 31.9 Å². The topological polar surface area (TPSA) is 43.4 Å². The van der Waals surface area contributed by atoms with Crippen LogP contribution in [0.25, 0.3) is 0 Å². The second-order valence-corrected chi connectivity index (χ2v) is 3.87. The summed E-state index contributed by atoms with van der Waals surface area (Å²) in [6.45, 7) is 7.13. The molecule has 0 bridgehead atoms. The van der Waals surface area contributed by atoms with Crippen LogP contribution in [0.5, 0.6) is 5.75 Å². The molecule has 0 aliphatic carbocycles. The Morgan fingerprint density at radius 3 is 2.82 bits per heavy atom. The van der Waals surface area contributed by atoms with E-state index in [4.69, 9.17) is 9.47 Å². The predicted octanol–water partition coefficient (Wildman–Crippen LogP) is 1.91. The van der Waals surface area contributed by atoms with Crippen molar-refractivity contribution in [1.29, 1.82) is 0 Å². The quantitative estimate of drug-likeness (QED) is 0.703. The van der Waals surface area contributed by atoms with E-state index in [2.05, 4.69) is 17.2 Å². The Hall–Kier alpha value is -1.13. The van der Waals surface area contributed by atoms with Crippen LogP contribution in [0.3, 0.4) is 0 Å². The lowest BCUT2D eigenvalue weighted by molar-refractivity contribution is 0.171. The summed E-state index contributed by atoms with van der Waals surface area (Å²) in [5.74, 6) is 0.868. The Labute approximate surface area is 103 Å². The molecule has 0 amide bonds. The Morgan fingerprint density at radius 1 is 1.29 bits per heavy atom. The van der Waals surface area contributed by atoms with Crippen molar-refractivity contribution in [1.82, 2.24) is 10.3 Å². The van der Waals surface area contributed by atoms with Gasteiger partial charge in [-0.1, -0.05) is 6.92 Å². The minimum Gasteiger partial charge on any atom is -0.492 e. The molecule has 0 saturated heterocycles. The van der Waals surface area contributed by atoms with E-state index >= 15 is 0 Å². The number of hydrogen-bond acceptors (Lipinski definition) is 4. The van der Waals surface area contributed by atoms with E-state index in [1.165, 1.54) is 0 Å². The zero-order valence-electron chi connectivity index (χ0n) is 11.0. The van der Waals surface area contributed by atoms with Crippen molar-refractivity contribution < 1.29 is 9.47 Å². The van der Waals surface area contributed by atoms with Gasteiger partial charge in [-0.05, 0) is 25.6 Å². The third-order valence-corrected chi connectivity index (χ3v) is 2.36. The third kappa shape index (κ3) is 5.15. The number of aryl methyl sites for hydroxylation is 1. The standard InChI is InChI=1S/C13H22N2O2/c1-4-14-10-12-13(7-6-11(2)15-12)17-9-5-8-16-3/h6-7,14H,4-5,8-10H2,1-3H3. The molecule has 0 spiro atoms. The van der Waals surface area contributed by atoms with Gasteiger partial charge in [0.25, 0.3) is 0 Å². The molecule has 17 heavy (non-hydrogen) atoms. The number of nitrogens with one attached hydrogen (secondary N) is 1. The number of hydrogen-bond donors (Lipinski definition) is 1. The molecule has 4 heteroatoms. The van der Waals surface area contributed by atoms with Crippen LogP contribution in [-0.2, 0) is 11.3 Å². The molecule has 0 radical (unpaired) electrons. The van der Waals surface area contributed by atoms with Gasteiger partial charge in [0, 0.05) is 32.4 Å². The van der Waals surface area contributed by atoms with E-state index in [1.807, 2.05) is 19.1 Å². The highest BCUT2D eigenvalue weighted by Gasteiger charge is 2.05. The number of aromatic nitrogens is 1. The van der Waals surface area contributed by atoms with Gasteiger partial charge in [-0.25, -0.2) is 0 Å². The molecule has 1 aromatic heterocycles. The van der Waals surface area contributed by atoms with Crippen molar-refractivity contribution >= 4 is 0 Å². The van der Waals surface area contributed by atoms with Gasteiger partial charge in [0.2, 0.25) is 0 Å². The molecule has 96 valence electrons. The van der Waals surface area contributed by atoms with Crippen LogP contribution >= 0.6 is 0 Å². The zero-order chi connectivity index (χ0) is 12.5. The SMILES string of the molecule is CCNCc1nc(C)ccc1OCCCOC. The highest BCUT2D eigenvalue weighted by molar-refractivity contribution is 5.29. The summed E-state index contributed by atoms with van der Waals surface area (Å²) in [6, 6.07) is 3.96. The molecule has 0 aliphatic heterocycles. The highest BCUT2D eigenvalue weighted by atomic mass is 16.5. The summed E-state index contributed by atoms with van der Waals surface area (Å²) in [4.78, 5) is 4.49. The average molecular weight is 238 g/mol. The first-order chi connectivity index (χ1) is 8.27. The lowest BCUT2D eigenvalue weighted by Crippen LogP contribution is -2.15. The van der Waals surface area contributed by atoms with Gasteiger partial charge in [0.1, 0.15) is 5.75 Å². The van der Waals surface area contributed by atoms with E-state index in [1.54, 1.807) is 7.11 Å². The predicted molar refractivity (Wildman–Crippen MR) is 68.3 cm³/mol. The summed E-state index contributed by atoms with van der Waals surface area (Å²) in [7, 11) is 1.70. The Bertz CT molecular complexity index is 329. The van der Waals surface area contributed by atoms with Gasteiger partial charge in [-0.3, -0.25) is 4.98 Å². The number of methoxy groups -OCH3 is 1. The second-order valence-electron chi connectivity index (χ2n) is 3.87. The van der Waals surface area contributed by atoms with Gasteiger partial charge in [0.05, 0.1) is 12.3 Å². The molecule has 4 nitrogen and oxygen atoms in total. The zero-order valence-corrected chi connectivity index (χ0v) is 11.0. The van der Waals surface area contributed by atoms with Crippen molar-refractivity contribution in [3.63, 3.8) is 0 Å². The molecule has 1 aromatic rings. The summed E-state index contributed by atoms with van der Waals surface area (Å²) in [5.41, 5.74) is 1.99. The highest BCUT2D eigenvalue weighted by Crippen LogP contribution is 2.17. The number of nitrogens with zero attached hydrogens (tertiary/aromatic N) is 1. The summed E-state index contributed by atoms with van der Waals surface area (Å²) in [5, 5.41) is 3.27. The molecule has 1 heterocycles. The van der Waals surface area contributed by atoms with E-state index < -0.39 is 0 Å². The fourth-order valence-corrected chi connectivity index (χ4v) is 1.48. The number of ether oxygens (including phenoxy) is 2. The fraction of sp³-hybridized carbons (Fsp3) is 0.615. The third-order valence-electron chi connectivity index (χ3n) is 2.36. The van der Waals surface area contributed by atoms with Crippen LogP contribution < -0.4 is 10.1 Å². The van der Waals surface area contributed by atoms with Gasteiger partial charge in [-0.15, -0.1) is 0 Å². The van der Waals surface area contributed by atoms with Gasteiger partial charge < -0.3 is 14.8 Å². The largest absolute Gasteiger partial charge is 0.492 e. The van der Waals surface area contributed by atoms with E-state index in [-0.39, 0.29) is 0 Å². The van der Waals surface area contributed by atoms with Gasteiger partial charge in [-0.2, -0.15) is 0 Å². The Balaban J connectivity index is 2.55. The molecule has 0 fully saturated rings. The minimum atomic E-state index is 0.664. The molecule has 0 aliphatic rings. The van der Waals surface area contributed by atoms with Crippen molar-refractivity contribution in [3.05, 3.63) is 23.5 Å². The van der Waals surface area contributed by atoms with Gasteiger partial charge in [0.15, 0.2) is 0 Å². The van der Waals surface area contributed by atoms with Crippen molar-refractivity contribution in [2.24, 2.45) is 0 Å². The summed E-state index contributed by atoms with van der Waals surface area (Å²) in [6.07, 6.45) is 0.894. The Morgan fingerprint density at radius 2 is 2.12 bits per heavy atom. The lowest BCUT2D eigenvalue weighted by atomic mass is 10.3. The van der Waals surface area contributed by atoms with Crippen LogP contribution in [0.2, 0.25) is 0 Å².